The van der Waals surface area contributed by atoms with Crippen LogP contribution in [0.4, 0.5) is 5.82 Å². The first-order valence-corrected chi connectivity index (χ1v) is 5.70. The summed E-state index contributed by atoms with van der Waals surface area (Å²) in [6.07, 6.45) is 2.39. The Morgan fingerprint density at radius 1 is 1.65 bits per heavy atom. The van der Waals surface area contributed by atoms with Crippen molar-refractivity contribution in [3.63, 3.8) is 0 Å². The minimum Gasteiger partial charge on any atom is -0.477 e. The van der Waals surface area contributed by atoms with E-state index in [1.54, 1.807) is 12.1 Å². The van der Waals surface area contributed by atoms with Crippen LogP contribution in [0.3, 0.4) is 0 Å². The molecule has 0 amide bonds. The number of carboxylic acid groups (broad SMARTS) is 1. The van der Waals surface area contributed by atoms with Gasteiger partial charge < -0.3 is 14.7 Å². The van der Waals surface area contributed by atoms with Crippen LogP contribution >= 0.6 is 0 Å². The Labute approximate surface area is 100 Å². The van der Waals surface area contributed by atoms with Crippen molar-refractivity contribution < 1.29 is 14.6 Å². The van der Waals surface area contributed by atoms with Crippen LogP contribution in [0.5, 0.6) is 0 Å². The van der Waals surface area contributed by atoms with Crippen molar-refractivity contribution in [3.8, 4) is 0 Å². The van der Waals surface area contributed by atoms with Gasteiger partial charge in [0.15, 0.2) is 5.69 Å². The van der Waals surface area contributed by atoms with Crippen molar-refractivity contribution in [2.45, 2.75) is 18.9 Å². The van der Waals surface area contributed by atoms with Gasteiger partial charge >= 0.3 is 5.97 Å². The maximum absolute atomic E-state index is 10.8. The lowest BCUT2D eigenvalue weighted by atomic mass is 10.2. The maximum atomic E-state index is 10.8. The number of hydrogen-bond acceptors (Lipinski definition) is 4. The lowest BCUT2D eigenvalue weighted by Crippen LogP contribution is -2.29. The highest BCUT2D eigenvalue weighted by Gasteiger charge is 2.18. The zero-order valence-corrected chi connectivity index (χ0v) is 9.80. The molecule has 0 unspecified atom stereocenters. The Hall–Kier alpha value is -1.62. The molecule has 92 valence electrons. The highest BCUT2D eigenvalue weighted by Crippen LogP contribution is 2.16. The van der Waals surface area contributed by atoms with Crippen molar-refractivity contribution >= 4 is 11.8 Å². The number of anilines is 1. The number of ether oxygens (including phenoxy) is 1. The van der Waals surface area contributed by atoms with E-state index in [1.165, 1.54) is 6.07 Å². The molecular weight excluding hydrogens is 220 g/mol. The third-order valence-corrected chi connectivity index (χ3v) is 2.85. The predicted octanol–water partition coefficient (Wildman–Crippen LogP) is 1.40. The molecule has 0 radical (unpaired) electrons. The quantitative estimate of drug-likeness (QED) is 0.856. The molecule has 5 heteroatoms. The Balaban J connectivity index is 2.04. The van der Waals surface area contributed by atoms with Crippen LogP contribution in [0.25, 0.3) is 0 Å². The van der Waals surface area contributed by atoms with E-state index < -0.39 is 5.97 Å². The van der Waals surface area contributed by atoms with Gasteiger partial charge in [-0.3, -0.25) is 0 Å². The molecular formula is C12H16N2O3. The molecule has 1 aromatic rings. The summed E-state index contributed by atoms with van der Waals surface area (Å²) in [6, 6.07) is 5.00. The molecule has 1 aliphatic heterocycles. The molecule has 0 aliphatic carbocycles. The Morgan fingerprint density at radius 2 is 2.47 bits per heavy atom. The Kier molecular flexibility index (Phi) is 3.58. The predicted molar refractivity (Wildman–Crippen MR) is 63.4 cm³/mol. The molecule has 0 saturated carbocycles. The average Bonchev–Trinajstić information content (AvgIpc) is 2.82. The summed E-state index contributed by atoms with van der Waals surface area (Å²) in [5, 5.41) is 8.87. The van der Waals surface area contributed by atoms with Crippen LogP contribution in [-0.4, -0.2) is 42.4 Å². The molecule has 1 saturated heterocycles. The molecule has 1 fully saturated rings. The van der Waals surface area contributed by atoms with Crippen LogP contribution < -0.4 is 4.90 Å². The van der Waals surface area contributed by atoms with E-state index in [2.05, 4.69) is 4.98 Å². The summed E-state index contributed by atoms with van der Waals surface area (Å²) >= 11 is 0. The molecule has 0 spiro atoms. The number of aromatic carboxylic acids is 1. The fraction of sp³-hybridized carbons (Fsp3) is 0.500. The normalized spacial score (nSPS) is 19.2. The summed E-state index contributed by atoms with van der Waals surface area (Å²) in [7, 11) is 1.90. The van der Waals surface area contributed by atoms with E-state index >= 15 is 0 Å². The number of pyridine rings is 1. The highest BCUT2D eigenvalue weighted by molar-refractivity contribution is 5.85. The van der Waals surface area contributed by atoms with E-state index in [4.69, 9.17) is 9.84 Å². The van der Waals surface area contributed by atoms with E-state index in [-0.39, 0.29) is 11.8 Å². The highest BCUT2D eigenvalue weighted by atomic mass is 16.5. The lowest BCUT2D eigenvalue weighted by molar-refractivity contribution is 0.0690. The van der Waals surface area contributed by atoms with Gasteiger partial charge in [0.05, 0.1) is 6.10 Å². The second-order valence-corrected chi connectivity index (χ2v) is 4.20. The van der Waals surface area contributed by atoms with Crippen molar-refractivity contribution in [1.82, 2.24) is 4.98 Å². The Morgan fingerprint density at radius 3 is 3.12 bits per heavy atom. The topological polar surface area (TPSA) is 62.7 Å². The number of aromatic nitrogens is 1. The van der Waals surface area contributed by atoms with E-state index in [1.807, 2.05) is 11.9 Å². The summed E-state index contributed by atoms with van der Waals surface area (Å²) in [5.41, 5.74) is 0.0710. The monoisotopic (exact) mass is 236 g/mol. The number of rotatable bonds is 4. The van der Waals surface area contributed by atoms with E-state index in [0.717, 1.165) is 26.0 Å². The molecule has 0 bridgehead atoms. The fourth-order valence-electron chi connectivity index (χ4n) is 1.94. The number of hydrogen-bond donors (Lipinski definition) is 1. The van der Waals surface area contributed by atoms with Gasteiger partial charge in [0.2, 0.25) is 0 Å². The molecule has 1 aromatic heterocycles. The summed E-state index contributed by atoms with van der Waals surface area (Å²) < 4.78 is 5.54. The fourth-order valence-corrected chi connectivity index (χ4v) is 1.94. The van der Waals surface area contributed by atoms with Gasteiger partial charge in [0, 0.05) is 20.2 Å². The third kappa shape index (κ3) is 2.94. The standard InChI is InChI=1S/C12H16N2O3/c1-14(8-9-4-3-7-17-9)11-6-2-5-10(13-11)12(15)16/h2,5-6,9H,3-4,7-8H2,1H3,(H,15,16)/t9-/m0/s1. The zero-order valence-electron chi connectivity index (χ0n) is 9.80. The molecule has 2 rings (SSSR count). The van der Waals surface area contributed by atoms with Crippen molar-refractivity contribution in [2.24, 2.45) is 0 Å². The van der Waals surface area contributed by atoms with Gasteiger partial charge in [-0.05, 0) is 25.0 Å². The molecule has 1 N–H and O–H groups in total. The van der Waals surface area contributed by atoms with Gasteiger partial charge in [-0.2, -0.15) is 0 Å². The molecule has 17 heavy (non-hydrogen) atoms. The first kappa shape index (κ1) is 11.9. The minimum atomic E-state index is -1.00. The second kappa shape index (κ2) is 5.14. The lowest BCUT2D eigenvalue weighted by Gasteiger charge is -2.21. The Bertz CT molecular complexity index is 402. The van der Waals surface area contributed by atoms with Gasteiger partial charge in [0.25, 0.3) is 0 Å². The smallest absolute Gasteiger partial charge is 0.354 e. The molecule has 5 nitrogen and oxygen atoms in total. The SMILES string of the molecule is CN(C[C@@H]1CCCO1)c1cccc(C(=O)O)n1. The maximum Gasteiger partial charge on any atom is 0.354 e. The number of carbonyl (C=O) groups is 1. The zero-order chi connectivity index (χ0) is 12.3. The summed E-state index contributed by atoms with van der Waals surface area (Å²) in [6.45, 7) is 1.57. The van der Waals surface area contributed by atoms with Crippen LogP contribution in [0.2, 0.25) is 0 Å². The first-order chi connectivity index (χ1) is 8.16. The first-order valence-electron chi connectivity index (χ1n) is 5.70. The van der Waals surface area contributed by atoms with Crippen LogP contribution in [0, 0.1) is 0 Å². The van der Waals surface area contributed by atoms with Gasteiger partial charge in [-0.25, -0.2) is 9.78 Å². The summed E-state index contributed by atoms with van der Waals surface area (Å²) in [5.74, 6) is -0.335. The molecule has 2 heterocycles. The minimum absolute atomic E-state index is 0.0710. The van der Waals surface area contributed by atoms with Crippen molar-refractivity contribution in [1.29, 1.82) is 0 Å². The second-order valence-electron chi connectivity index (χ2n) is 4.20. The van der Waals surface area contributed by atoms with E-state index in [0.29, 0.717) is 5.82 Å². The molecule has 0 aromatic carbocycles. The average molecular weight is 236 g/mol. The van der Waals surface area contributed by atoms with E-state index in [9.17, 15) is 4.79 Å². The number of carboxylic acids is 1. The molecule has 1 atom stereocenters. The van der Waals surface area contributed by atoms with Crippen molar-refractivity contribution in [3.05, 3.63) is 23.9 Å². The largest absolute Gasteiger partial charge is 0.477 e. The van der Waals surface area contributed by atoms with Crippen molar-refractivity contribution in [2.75, 3.05) is 25.1 Å². The van der Waals surface area contributed by atoms with Gasteiger partial charge in [-0.15, -0.1) is 0 Å². The molecule has 1 aliphatic rings. The van der Waals surface area contributed by atoms with Crippen LogP contribution in [-0.2, 0) is 4.74 Å². The third-order valence-electron chi connectivity index (χ3n) is 2.85. The number of nitrogens with zero attached hydrogens (tertiary/aromatic N) is 2. The van der Waals surface area contributed by atoms with Gasteiger partial charge in [0.1, 0.15) is 5.82 Å². The van der Waals surface area contributed by atoms with Crippen LogP contribution in [0.15, 0.2) is 18.2 Å². The van der Waals surface area contributed by atoms with Crippen LogP contribution in [0.1, 0.15) is 23.3 Å². The summed E-state index contributed by atoms with van der Waals surface area (Å²) in [4.78, 5) is 16.8. The van der Waals surface area contributed by atoms with Gasteiger partial charge in [-0.1, -0.05) is 6.07 Å². The number of likely N-dealkylation sites (N-methyl/N-ethyl adjacent to an activating group) is 1.